The van der Waals surface area contributed by atoms with Gasteiger partial charge < -0.3 is 15.0 Å². The Morgan fingerprint density at radius 3 is 2.92 bits per heavy atom. The monoisotopic (exact) mass is 346 g/mol. The zero-order valence-electron chi connectivity index (χ0n) is 13.1. The van der Waals surface area contributed by atoms with Crippen molar-refractivity contribution in [1.29, 1.82) is 0 Å². The first-order valence-electron chi connectivity index (χ1n) is 8.15. The van der Waals surface area contributed by atoms with Crippen LogP contribution in [0.3, 0.4) is 0 Å². The number of nitrogens with zero attached hydrogens (tertiary/aromatic N) is 5. The van der Waals surface area contributed by atoms with Crippen molar-refractivity contribution in [2.75, 3.05) is 11.9 Å². The van der Waals surface area contributed by atoms with Gasteiger partial charge in [0, 0.05) is 25.0 Å². The van der Waals surface area contributed by atoms with Crippen LogP contribution in [-0.2, 0) is 0 Å². The van der Waals surface area contributed by atoms with E-state index in [1.807, 2.05) is 30.9 Å². The van der Waals surface area contributed by atoms with Crippen LogP contribution in [0.15, 0.2) is 30.9 Å². The third-order valence-electron chi connectivity index (χ3n) is 4.71. The number of hydrogen-bond acceptors (Lipinski definition) is 5. The highest BCUT2D eigenvalue weighted by Crippen LogP contribution is 2.32. The molecule has 0 amide bonds. The highest BCUT2D eigenvalue weighted by atomic mass is 35.5. The Balaban J connectivity index is 1.52. The van der Waals surface area contributed by atoms with Crippen molar-refractivity contribution in [3.05, 3.63) is 36.1 Å². The third-order valence-corrected chi connectivity index (χ3v) is 4.87. The van der Waals surface area contributed by atoms with Crippen LogP contribution in [0.1, 0.15) is 31.7 Å². The molecule has 2 N–H and O–H groups in total. The molecule has 126 valence electrons. The zero-order chi connectivity index (χ0) is 16.5. The summed E-state index contributed by atoms with van der Waals surface area (Å²) in [6, 6.07) is 4.26. The first kappa shape index (κ1) is 15.4. The Bertz CT molecular complexity index is 836. The molecule has 0 unspecified atom stereocenters. The first-order valence-corrected chi connectivity index (χ1v) is 8.53. The van der Waals surface area contributed by atoms with Crippen LogP contribution in [0.2, 0.25) is 5.28 Å². The van der Waals surface area contributed by atoms with Crippen LogP contribution in [0, 0.1) is 5.92 Å². The van der Waals surface area contributed by atoms with Crippen molar-refractivity contribution < 1.29 is 5.11 Å². The number of fused-ring (bicyclic) bond motifs is 1. The van der Waals surface area contributed by atoms with Gasteiger partial charge >= 0.3 is 0 Å². The largest absolute Gasteiger partial charge is 0.396 e. The maximum atomic E-state index is 9.25. The number of halogens is 1. The lowest BCUT2D eigenvalue weighted by Gasteiger charge is -2.27. The van der Waals surface area contributed by atoms with E-state index in [4.69, 9.17) is 11.6 Å². The fourth-order valence-electron chi connectivity index (χ4n) is 3.35. The summed E-state index contributed by atoms with van der Waals surface area (Å²) in [6.07, 6.45) is 9.95. The Kier molecular flexibility index (Phi) is 4.12. The first-order chi connectivity index (χ1) is 11.7. The van der Waals surface area contributed by atoms with Crippen LogP contribution in [0.4, 0.5) is 11.6 Å². The molecule has 7 nitrogen and oxygen atoms in total. The number of aromatic nitrogens is 5. The molecule has 8 heteroatoms. The molecule has 0 saturated heterocycles. The Morgan fingerprint density at radius 1 is 1.29 bits per heavy atom. The highest BCUT2D eigenvalue weighted by molar-refractivity contribution is 6.28. The van der Waals surface area contributed by atoms with Gasteiger partial charge in [-0.05, 0) is 55.3 Å². The third kappa shape index (κ3) is 2.97. The van der Waals surface area contributed by atoms with E-state index in [-0.39, 0.29) is 5.28 Å². The van der Waals surface area contributed by atoms with E-state index in [0.29, 0.717) is 24.4 Å². The Morgan fingerprint density at radius 2 is 2.12 bits per heavy atom. The molecule has 1 saturated carbocycles. The lowest BCUT2D eigenvalue weighted by molar-refractivity contribution is 0.169. The SMILES string of the molecule is OCC1CCC(n2cnc(Nc3nc(Cl)nn4cccc34)c2)CC1. The van der Waals surface area contributed by atoms with Gasteiger partial charge in [-0.1, -0.05) is 0 Å². The predicted molar refractivity (Wildman–Crippen MR) is 91.6 cm³/mol. The number of aliphatic hydroxyl groups is 1. The number of rotatable bonds is 4. The van der Waals surface area contributed by atoms with E-state index in [0.717, 1.165) is 37.0 Å². The van der Waals surface area contributed by atoms with E-state index >= 15 is 0 Å². The molecular formula is C16H19ClN6O. The average molecular weight is 347 g/mol. The molecule has 3 aromatic heterocycles. The number of nitrogens with one attached hydrogen (secondary N) is 1. The van der Waals surface area contributed by atoms with Gasteiger partial charge in [0.2, 0.25) is 5.28 Å². The normalized spacial score (nSPS) is 21.2. The lowest BCUT2D eigenvalue weighted by atomic mass is 9.86. The summed E-state index contributed by atoms with van der Waals surface area (Å²) in [5.41, 5.74) is 0.845. The van der Waals surface area contributed by atoms with Gasteiger partial charge in [-0.15, -0.1) is 5.10 Å². The number of imidazole rings is 1. The van der Waals surface area contributed by atoms with Crippen LogP contribution in [-0.4, -0.2) is 35.9 Å². The van der Waals surface area contributed by atoms with E-state index in [9.17, 15) is 5.11 Å². The minimum Gasteiger partial charge on any atom is -0.396 e. The van der Waals surface area contributed by atoms with E-state index < -0.39 is 0 Å². The molecule has 0 aromatic carbocycles. The van der Waals surface area contributed by atoms with Gasteiger partial charge in [-0.3, -0.25) is 0 Å². The molecule has 1 aliphatic rings. The predicted octanol–water partition coefficient (Wildman–Crippen LogP) is 3.05. The van der Waals surface area contributed by atoms with Crippen LogP contribution in [0.25, 0.3) is 5.52 Å². The summed E-state index contributed by atoms with van der Waals surface area (Å²) < 4.78 is 3.83. The second kappa shape index (κ2) is 6.41. The van der Waals surface area contributed by atoms with Gasteiger partial charge in [0.25, 0.3) is 0 Å². The Labute approximate surface area is 144 Å². The fourth-order valence-corrected chi connectivity index (χ4v) is 3.51. The molecule has 24 heavy (non-hydrogen) atoms. The van der Waals surface area contributed by atoms with Crippen molar-refractivity contribution >= 4 is 28.8 Å². The summed E-state index contributed by atoms with van der Waals surface area (Å²) in [6.45, 7) is 0.297. The molecule has 1 aliphatic carbocycles. The lowest BCUT2D eigenvalue weighted by Crippen LogP contribution is -2.19. The van der Waals surface area contributed by atoms with Gasteiger partial charge in [-0.2, -0.15) is 4.98 Å². The standard InChI is InChI=1S/C16H19ClN6O/c17-16-20-15(13-2-1-7-23(13)21-16)19-14-8-22(10-18-14)12-5-3-11(9-24)4-6-12/h1-2,7-8,10-12,24H,3-6,9H2,(H,19,20,21). The molecular weight excluding hydrogens is 328 g/mol. The maximum absolute atomic E-state index is 9.25. The molecule has 0 atom stereocenters. The Hall–Kier alpha value is -2.12. The molecule has 0 bridgehead atoms. The fraction of sp³-hybridized carbons (Fsp3) is 0.438. The van der Waals surface area contributed by atoms with E-state index in [1.165, 1.54) is 0 Å². The molecule has 1 fully saturated rings. The molecule has 3 aromatic rings. The number of anilines is 2. The molecule has 3 heterocycles. The summed E-state index contributed by atoms with van der Waals surface area (Å²) in [7, 11) is 0. The van der Waals surface area contributed by atoms with Crippen molar-refractivity contribution in [2.45, 2.75) is 31.7 Å². The molecule has 0 radical (unpaired) electrons. The number of aliphatic hydroxyl groups excluding tert-OH is 1. The molecule has 4 rings (SSSR count). The molecule has 0 aliphatic heterocycles. The van der Waals surface area contributed by atoms with Crippen molar-refractivity contribution in [1.82, 2.24) is 24.1 Å². The van der Waals surface area contributed by atoms with Gasteiger partial charge in [0.05, 0.1) is 6.33 Å². The number of hydrogen-bond donors (Lipinski definition) is 2. The average Bonchev–Trinajstić information content (AvgIpc) is 3.24. The minimum atomic E-state index is 0.183. The van der Waals surface area contributed by atoms with E-state index in [1.54, 1.807) is 4.52 Å². The van der Waals surface area contributed by atoms with Crippen molar-refractivity contribution in [3.63, 3.8) is 0 Å². The second-order valence-electron chi connectivity index (χ2n) is 6.26. The maximum Gasteiger partial charge on any atom is 0.243 e. The van der Waals surface area contributed by atoms with Crippen LogP contribution >= 0.6 is 11.6 Å². The zero-order valence-corrected chi connectivity index (χ0v) is 13.9. The summed E-state index contributed by atoms with van der Waals surface area (Å²) >= 11 is 5.97. The summed E-state index contributed by atoms with van der Waals surface area (Å²) in [5.74, 6) is 1.82. The van der Waals surface area contributed by atoms with Gasteiger partial charge in [-0.25, -0.2) is 9.50 Å². The minimum absolute atomic E-state index is 0.183. The van der Waals surface area contributed by atoms with Gasteiger partial charge in [0.15, 0.2) is 5.82 Å². The highest BCUT2D eigenvalue weighted by Gasteiger charge is 2.22. The summed E-state index contributed by atoms with van der Waals surface area (Å²) in [4.78, 5) is 8.69. The van der Waals surface area contributed by atoms with Crippen molar-refractivity contribution in [2.24, 2.45) is 5.92 Å². The smallest absolute Gasteiger partial charge is 0.243 e. The quantitative estimate of drug-likeness (QED) is 0.759. The van der Waals surface area contributed by atoms with Crippen LogP contribution in [0.5, 0.6) is 0 Å². The molecule has 0 spiro atoms. The van der Waals surface area contributed by atoms with E-state index in [2.05, 4.69) is 25.0 Å². The van der Waals surface area contributed by atoms with Crippen LogP contribution < -0.4 is 5.32 Å². The summed E-state index contributed by atoms with van der Waals surface area (Å²) in [5, 5.41) is 16.8. The van der Waals surface area contributed by atoms with Crippen molar-refractivity contribution in [3.8, 4) is 0 Å². The topological polar surface area (TPSA) is 80.3 Å². The second-order valence-corrected chi connectivity index (χ2v) is 6.59. The van der Waals surface area contributed by atoms with Gasteiger partial charge in [0.1, 0.15) is 11.3 Å².